The topological polar surface area (TPSA) is 71.5 Å². The molecule has 0 atom stereocenters. The zero-order chi connectivity index (χ0) is 21.1. The lowest BCUT2D eigenvalue weighted by Gasteiger charge is -2.26. The summed E-state index contributed by atoms with van der Waals surface area (Å²) < 4.78 is 5.78. The molecule has 7 heteroatoms. The summed E-state index contributed by atoms with van der Waals surface area (Å²) >= 11 is 1.44. The number of aryl methyl sites for hydroxylation is 2. The molecule has 2 heterocycles. The second-order valence-corrected chi connectivity index (χ2v) is 9.13. The van der Waals surface area contributed by atoms with Gasteiger partial charge in [0, 0.05) is 24.3 Å². The van der Waals surface area contributed by atoms with Crippen LogP contribution in [-0.2, 0) is 22.6 Å². The van der Waals surface area contributed by atoms with Gasteiger partial charge in [0.15, 0.2) is 11.7 Å². The minimum absolute atomic E-state index is 0.0611. The predicted octanol–water partition coefficient (Wildman–Crippen LogP) is 4.02. The maximum atomic E-state index is 12.4. The maximum Gasteiger partial charge on any atom is 0.264 e. The molecule has 0 unspecified atom stereocenters. The van der Waals surface area contributed by atoms with Crippen molar-refractivity contribution >= 4 is 28.3 Å². The van der Waals surface area contributed by atoms with E-state index in [1.807, 2.05) is 37.8 Å². The van der Waals surface area contributed by atoms with Gasteiger partial charge >= 0.3 is 0 Å². The number of thiazole rings is 1. The minimum atomic E-state index is -0.232. The molecule has 1 aromatic heterocycles. The highest BCUT2D eigenvalue weighted by molar-refractivity contribution is 7.15. The maximum absolute atomic E-state index is 12.4. The number of benzene rings is 1. The van der Waals surface area contributed by atoms with E-state index in [1.54, 1.807) is 0 Å². The lowest BCUT2D eigenvalue weighted by Crippen LogP contribution is -2.36. The molecule has 1 aromatic carbocycles. The van der Waals surface area contributed by atoms with Gasteiger partial charge in [0.2, 0.25) is 5.91 Å². The van der Waals surface area contributed by atoms with Gasteiger partial charge < -0.3 is 9.64 Å². The molecule has 0 fully saturated rings. The highest BCUT2D eigenvalue weighted by Gasteiger charge is 2.25. The second-order valence-electron chi connectivity index (χ2n) is 8.04. The lowest BCUT2D eigenvalue weighted by atomic mass is 10.1. The molecule has 0 saturated carbocycles. The fraction of sp³-hybridized carbons (Fsp3) is 0.500. The van der Waals surface area contributed by atoms with Crippen LogP contribution in [-0.4, -0.2) is 34.8 Å². The molecular weight excluding hydrogens is 386 g/mol. The SMILES string of the molecule is Cc1ccc(C)c(OCC(=O)Nc2nc3c(s2)CN(C(=O)CC(C)C)CC3)c1C. The van der Waals surface area contributed by atoms with Gasteiger partial charge in [-0.1, -0.05) is 37.3 Å². The van der Waals surface area contributed by atoms with E-state index >= 15 is 0 Å². The Morgan fingerprint density at radius 2 is 1.97 bits per heavy atom. The third-order valence-electron chi connectivity index (χ3n) is 5.13. The Morgan fingerprint density at radius 1 is 1.24 bits per heavy atom. The van der Waals surface area contributed by atoms with Crippen LogP contribution in [0.4, 0.5) is 5.13 Å². The number of fused-ring (bicyclic) bond motifs is 1. The highest BCUT2D eigenvalue weighted by atomic mass is 32.1. The summed E-state index contributed by atoms with van der Waals surface area (Å²) in [4.78, 5) is 32.2. The quantitative estimate of drug-likeness (QED) is 0.774. The standard InChI is InChI=1S/C22H29N3O3S/c1-13(2)10-20(27)25-9-8-17-18(11-25)29-22(23-17)24-19(26)12-28-21-15(4)7-6-14(3)16(21)5/h6-7,13H,8-12H2,1-5H3,(H,23,24,26). The fourth-order valence-electron chi connectivity index (χ4n) is 3.38. The largest absolute Gasteiger partial charge is 0.483 e. The van der Waals surface area contributed by atoms with E-state index in [9.17, 15) is 9.59 Å². The molecule has 1 N–H and O–H groups in total. The summed E-state index contributed by atoms with van der Waals surface area (Å²) in [5.74, 6) is 1.06. The number of carbonyl (C=O) groups is 2. The van der Waals surface area contributed by atoms with Gasteiger partial charge in [0.1, 0.15) is 5.75 Å². The number of rotatable bonds is 6. The Kier molecular flexibility index (Phi) is 6.57. The van der Waals surface area contributed by atoms with E-state index in [-0.39, 0.29) is 18.4 Å². The number of aromatic nitrogens is 1. The molecule has 29 heavy (non-hydrogen) atoms. The van der Waals surface area contributed by atoms with E-state index in [4.69, 9.17) is 4.74 Å². The van der Waals surface area contributed by atoms with Gasteiger partial charge in [-0.2, -0.15) is 0 Å². The van der Waals surface area contributed by atoms with Gasteiger partial charge in [-0.25, -0.2) is 4.98 Å². The van der Waals surface area contributed by atoms with Crippen molar-refractivity contribution < 1.29 is 14.3 Å². The van der Waals surface area contributed by atoms with Crippen LogP contribution in [0.5, 0.6) is 5.75 Å². The first-order valence-corrected chi connectivity index (χ1v) is 10.8. The molecule has 2 amide bonds. The first-order chi connectivity index (χ1) is 13.7. The molecule has 0 radical (unpaired) electrons. The zero-order valence-electron chi connectivity index (χ0n) is 17.8. The van der Waals surface area contributed by atoms with E-state index < -0.39 is 0 Å². The summed E-state index contributed by atoms with van der Waals surface area (Å²) in [6.45, 7) is 11.3. The molecule has 0 spiro atoms. The van der Waals surface area contributed by atoms with Crippen molar-refractivity contribution in [3.8, 4) is 5.75 Å². The van der Waals surface area contributed by atoms with Crippen molar-refractivity contribution in [2.45, 2.75) is 54.0 Å². The number of ether oxygens (including phenoxy) is 1. The molecule has 0 bridgehead atoms. The second kappa shape index (κ2) is 8.95. The lowest BCUT2D eigenvalue weighted by molar-refractivity contribution is -0.132. The van der Waals surface area contributed by atoms with E-state index in [0.29, 0.717) is 30.6 Å². The molecule has 1 aliphatic rings. The smallest absolute Gasteiger partial charge is 0.264 e. The first kappa shape index (κ1) is 21.3. The van der Waals surface area contributed by atoms with Crippen LogP contribution < -0.4 is 10.1 Å². The highest BCUT2D eigenvalue weighted by Crippen LogP contribution is 2.29. The number of carbonyl (C=O) groups excluding carboxylic acids is 2. The summed E-state index contributed by atoms with van der Waals surface area (Å²) in [7, 11) is 0. The van der Waals surface area contributed by atoms with Crippen LogP contribution in [0.15, 0.2) is 12.1 Å². The molecule has 3 rings (SSSR count). The number of nitrogens with one attached hydrogen (secondary N) is 1. The summed E-state index contributed by atoms with van der Waals surface area (Å²) in [5, 5.41) is 3.41. The number of hydrogen-bond donors (Lipinski definition) is 1. The molecule has 6 nitrogen and oxygen atoms in total. The molecular formula is C22H29N3O3S. The average molecular weight is 416 g/mol. The molecule has 0 saturated heterocycles. The number of amides is 2. The van der Waals surface area contributed by atoms with Crippen molar-refractivity contribution in [3.05, 3.63) is 39.4 Å². The van der Waals surface area contributed by atoms with Crippen molar-refractivity contribution in [1.29, 1.82) is 0 Å². The summed E-state index contributed by atoms with van der Waals surface area (Å²) in [6, 6.07) is 4.05. The fourth-order valence-corrected chi connectivity index (χ4v) is 4.42. The van der Waals surface area contributed by atoms with E-state index in [0.717, 1.165) is 39.4 Å². The Labute approximate surface area is 176 Å². The molecule has 1 aliphatic heterocycles. The van der Waals surface area contributed by atoms with Crippen LogP contribution in [0.3, 0.4) is 0 Å². The summed E-state index contributed by atoms with van der Waals surface area (Å²) in [5.41, 5.74) is 4.17. The number of hydrogen-bond acceptors (Lipinski definition) is 5. The van der Waals surface area contributed by atoms with Gasteiger partial charge in [-0.3, -0.25) is 14.9 Å². The van der Waals surface area contributed by atoms with Crippen LogP contribution in [0.2, 0.25) is 0 Å². The Morgan fingerprint density at radius 3 is 2.69 bits per heavy atom. The number of nitrogens with zero attached hydrogens (tertiary/aromatic N) is 2. The first-order valence-electron chi connectivity index (χ1n) is 10.0. The van der Waals surface area contributed by atoms with Crippen LogP contribution in [0.1, 0.15) is 47.5 Å². The normalized spacial score (nSPS) is 13.4. The predicted molar refractivity (Wildman–Crippen MR) is 115 cm³/mol. The Bertz CT molecular complexity index is 920. The third-order valence-corrected chi connectivity index (χ3v) is 6.13. The number of anilines is 1. The van der Waals surface area contributed by atoms with Crippen molar-refractivity contribution in [1.82, 2.24) is 9.88 Å². The van der Waals surface area contributed by atoms with Crippen LogP contribution >= 0.6 is 11.3 Å². The van der Waals surface area contributed by atoms with Gasteiger partial charge in [-0.15, -0.1) is 0 Å². The van der Waals surface area contributed by atoms with Crippen molar-refractivity contribution in [2.75, 3.05) is 18.5 Å². The van der Waals surface area contributed by atoms with Gasteiger partial charge in [-0.05, 0) is 43.4 Å². The molecule has 0 aliphatic carbocycles. The molecule has 2 aromatic rings. The van der Waals surface area contributed by atoms with E-state index in [1.165, 1.54) is 11.3 Å². The zero-order valence-corrected chi connectivity index (χ0v) is 18.6. The Hall–Kier alpha value is -2.41. The monoisotopic (exact) mass is 415 g/mol. The average Bonchev–Trinajstić information content (AvgIpc) is 3.05. The summed E-state index contributed by atoms with van der Waals surface area (Å²) in [6.07, 6.45) is 1.29. The Balaban J connectivity index is 1.59. The third kappa shape index (κ3) is 5.15. The molecule has 156 valence electrons. The van der Waals surface area contributed by atoms with Gasteiger partial charge in [0.05, 0.1) is 12.2 Å². The van der Waals surface area contributed by atoms with Crippen molar-refractivity contribution in [2.24, 2.45) is 5.92 Å². The van der Waals surface area contributed by atoms with Gasteiger partial charge in [0.25, 0.3) is 5.91 Å². The van der Waals surface area contributed by atoms with Crippen molar-refractivity contribution in [3.63, 3.8) is 0 Å². The van der Waals surface area contributed by atoms with E-state index in [2.05, 4.69) is 24.1 Å². The minimum Gasteiger partial charge on any atom is -0.483 e. The van der Waals surface area contributed by atoms with Crippen LogP contribution in [0.25, 0.3) is 0 Å². The van der Waals surface area contributed by atoms with Crippen LogP contribution in [0, 0.1) is 26.7 Å².